The van der Waals surface area contributed by atoms with Gasteiger partial charge in [-0.15, -0.1) is 0 Å². The van der Waals surface area contributed by atoms with Crippen molar-refractivity contribution in [1.82, 2.24) is 10.2 Å². The summed E-state index contributed by atoms with van der Waals surface area (Å²) in [4.78, 5) is 2.30. The van der Waals surface area contributed by atoms with Crippen molar-refractivity contribution < 1.29 is 9.47 Å². The largest absolute Gasteiger partial charge is 0.380 e. The van der Waals surface area contributed by atoms with E-state index in [9.17, 15) is 0 Å². The smallest absolute Gasteiger partial charge is 0.0775 e. The van der Waals surface area contributed by atoms with Crippen LogP contribution in [0.2, 0.25) is 0 Å². The van der Waals surface area contributed by atoms with Crippen molar-refractivity contribution in [3.63, 3.8) is 0 Å². The van der Waals surface area contributed by atoms with Gasteiger partial charge in [0, 0.05) is 26.3 Å². The van der Waals surface area contributed by atoms with Crippen molar-refractivity contribution in [3.05, 3.63) is 0 Å². The van der Waals surface area contributed by atoms with Gasteiger partial charge in [0.05, 0.1) is 12.2 Å². The third kappa shape index (κ3) is 6.99. The Morgan fingerprint density at radius 1 is 1.29 bits per heavy atom. The molecule has 1 unspecified atom stereocenters. The fourth-order valence-electron chi connectivity index (χ4n) is 1.81. The normalized spacial score (nSPS) is 14.3. The monoisotopic (exact) mass is 246 g/mol. The molecule has 0 saturated heterocycles. The third-order valence-corrected chi connectivity index (χ3v) is 3.33. The van der Waals surface area contributed by atoms with E-state index in [1.165, 1.54) is 0 Å². The summed E-state index contributed by atoms with van der Waals surface area (Å²) in [7, 11) is 5.89. The van der Waals surface area contributed by atoms with Crippen LogP contribution in [0.1, 0.15) is 27.2 Å². The summed E-state index contributed by atoms with van der Waals surface area (Å²) in [5, 5.41) is 3.33. The third-order valence-electron chi connectivity index (χ3n) is 3.33. The van der Waals surface area contributed by atoms with E-state index in [-0.39, 0.29) is 5.60 Å². The second kappa shape index (κ2) is 8.86. The van der Waals surface area contributed by atoms with Crippen LogP contribution in [0.5, 0.6) is 0 Å². The maximum atomic E-state index is 5.52. The van der Waals surface area contributed by atoms with Crippen LogP contribution in [0.3, 0.4) is 0 Å². The molecular weight excluding hydrogens is 216 g/mol. The molecule has 104 valence electrons. The molecule has 0 heterocycles. The van der Waals surface area contributed by atoms with Gasteiger partial charge in [0.15, 0.2) is 0 Å². The molecule has 4 heteroatoms. The molecule has 0 radical (unpaired) electrons. The average Bonchev–Trinajstić information content (AvgIpc) is 2.30. The lowest BCUT2D eigenvalue weighted by Gasteiger charge is -2.34. The predicted octanol–water partition coefficient (Wildman–Crippen LogP) is 1.36. The molecule has 0 saturated carbocycles. The molecule has 0 aromatic rings. The lowest BCUT2D eigenvalue weighted by molar-refractivity contribution is -0.0127. The quantitative estimate of drug-likeness (QED) is 0.590. The molecule has 0 aromatic carbocycles. The summed E-state index contributed by atoms with van der Waals surface area (Å²) in [5.74, 6) is 0. The Morgan fingerprint density at radius 2 is 1.94 bits per heavy atom. The Bertz CT molecular complexity index is 186. The number of methoxy groups -OCH3 is 1. The van der Waals surface area contributed by atoms with Crippen molar-refractivity contribution in [2.75, 3.05) is 47.5 Å². The van der Waals surface area contributed by atoms with Gasteiger partial charge in [-0.2, -0.15) is 0 Å². The molecule has 0 rings (SSSR count). The van der Waals surface area contributed by atoms with Gasteiger partial charge >= 0.3 is 0 Å². The molecule has 0 fully saturated rings. The Morgan fingerprint density at radius 3 is 2.41 bits per heavy atom. The molecule has 0 spiro atoms. The van der Waals surface area contributed by atoms with Crippen LogP contribution in [0.15, 0.2) is 0 Å². The Labute approximate surface area is 107 Å². The first-order chi connectivity index (χ1) is 7.97. The number of rotatable bonds is 10. The van der Waals surface area contributed by atoms with E-state index in [2.05, 4.69) is 31.1 Å². The highest BCUT2D eigenvalue weighted by Crippen LogP contribution is 2.16. The summed E-state index contributed by atoms with van der Waals surface area (Å²) in [6.07, 6.45) is 1.07. The summed E-state index contributed by atoms with van der Waals surface area (Å²) >= 11 is 0. The molecule has 17 heavy (non-hydrogen) atoms. The lowest BCUT2D eigenvalue weighted by atomic mass is 9.95. The van der Waals surface area contributed by atoms with Crippen LogP contribution in [-0.4, -0.2) is 64.1 Å². The van der Waals surface area contributed by atoms with Crippen molar-refractivity contribution in [2.45, 2.75) is 38.8 Å². The number of ether oxygens (including phenoxy) is 2. The fourth-order valence-corrected chi connectivity index (χ4v) is 1.81. The first kappa shape index (κ1) is 16.8. The molecule has 0 aliphatic carbocycles. The van der Waals surface area contributed by atoms with Gasteiger partial charge < -0.3 is 19.7 Å². The van der Waals surface area contributed by atoms with Gasteiger partial charge in [0.25, 0.3) is 0 Å². The predicted molar refractivity (Wildman–Crippen MR) is 72.5 cm³/mol. The molecule has 1 N–H and O–H groups in total. The van der Waals surface area contributed by atoms with E-state index in [0.29, 0.717) is 6.04 Å². The highest BCUT2D eigenvalue weighted by atomic mass is 16.5. The number of nitrogens with one attached hydrogen (secondary N) is 1. The first-order valence-corrected chi connectivity index (χ1v) is 6.46. The van der Waals surface area contributed by atoms with Gasteiger partial charge in [-0.25, -0.2) is 0 Å². The standard InChI is InChI=1S/C13H30N2O2/c1-7-17-11-10-15(5)9-8-12(14-4)13(2,3)16-6/h12,14H,7-11H2,1-6H3. The Hall–Kier alpha value is -0.160. The minimum absolute atomic E-state index is 0.129. The first-order valence-electron chi connectivity index (χ1n) is 6.46. The van der Waals surface area contributed by atoms with E-state index in [0.717, 1.165) is 32.7 Å². The zero-order valence-corrected chi connectivity index (χ0v) is 12.4. The molecule has 0 bridgehead atoms. The molecular formula is C13H30N2O2. The minimum atomic E-state index is -0.129. The van der Waals surface area contributed by atoms with Crippen molar-refractivity contribution in [3.8, 4) is 0 Å². The Kier molecular flexibility index (Phi) is 8.78. The highest BCUT2D eigenvalue weighted by Gasteiger charge is 2.27. The van der Waals surface area contributed by atoms with Gasteiger partial charge in [0.2, 0.25) is 0 Å². The van der Waals surface area contributed by atoms with E-state index >= 15 is 0 Å². The molecule has 4 nitrogen and oxygen atoms in total. The maximum Gasteiger partial charge on any atom is 0.0775 e. The van der Waals surface area contributed by atoms with Gasteiger partial charge in [-0.05, 0) is 47.8 Å². The average molecular weight is 246 g/mol. The van der Waals surface area contributed by atoms with Crippen molar-refractivity contribution in [1.29, 1.82) is 0 Å². The topological polar surface area (TPSA) is 33.7 Å². The van der Waals surface area contributed by atoms with Gasteiger partial charge in [-0.1, -0.05) is 0 Å². The number of nitrogens with zero attached hydrogens (tertiary/aromatic N) is 1. The molecule has 0 aliphatic rings. The number of hydrogen-bond acceptors (Lipinski definition) is 4. The second-order valence-corrected chi connectivity index (χ2v) is 4.94. The van der Waals surface area contributed by atoms with E-state index in [1.54, 1.807) is 7.11 Å². The van der Waals surface area contributed by atoms with Gasteiger partial charge in [-0.3, -0.25) is 0 Å². The summed E-state index contributed by atoms with van der Waals surface area (Å²) < 4.78 is 10.9. The summed E-state index contributed by atoms with van der Waals surface area (Å²) in [5.41, 5.74) is -0.129. The summed E-state index contributed by atoms with van der Waals surface area (Å²) in [6.45, 7) is 9.90. The van der Waals surface area contributed by atoms with Crippen molar-refractivity contribution >= 4 is 0 Å². The lowest BCUT2D eigenvalue weighted by Crippen LogP contribution is -2.48. The van der Waals surface area contributed by atoms with Crippen LogP contribution in [0.25, 0.3) is 0 Å². The fraction of sp³-hybridized carbons (Fsp3) is 1.00. The van der Waals surface area contributed by atoms with Gasteiger partial charge in [0.1, 0.15) is 0 Å². The van der Waals surface area contributed by atoms with Crippen LogP contribution < -0.4 is 5.32 Å². The molecule has 0 aliphatic heterocycles. The van der Waals surface area contributed by atoms with Crippen LogP contribution in [0.4, 0.5) is 0 Å². The molecule has 1 atom stereocenters. The van der Waals surface area contributed by atoms with Crippen LogP contribution in [-0.2, 0) is 9.47 Å². The maximum absolute atomic E-state index is 5.52. The van der Waals surface area contributed by atoms with E-state index in [1.807, 2.05) is 14.0 Å². The highest BCUT2D eigenvalue weighted by molar-refractivity contribution is 4.84. The summed E-state index contributed by atoms with van der Waals surface area (Å²) in [6, 6.07) is 0.363. The van der Waals surface area contributed by atoms with Crippen molar-refractivity contribution in [2.24, 2.45) is 0 Å². The number of hydrogen-bond donors (Lipinski definition) is 1. The zero-order chi connectivity index (χ0) is 13.3. The number of likely N-dealkylation sites (N-methyl/N-ethyl adjacent to an activating group) is 2. The van der Waals surface area contributed by atoms with E-state index in [4.69, 9.17) is 9.47 Å². The minimum Gasteiger partial charge on any atom is -0.380 e. The zero-order valence-electron chi connectivity index (χ0n) is 12.4. The van der Waals surface area contributed by atoms with Crippen LogP contribution >= 0.6 is 0 Å². The SMILES string of the molecule is CCOCCN(C)CCC(NC)C(C)(C)OC. The van der Waals surface area contributed by atoms with Crippen LogP contribution in [0, 0.1) is 0 Å². The Balaban J connectivity index is 3.90. The molecule has 0 amide bonds. The molecule has 0 aromatic heterocycles. The second-order valence-electron chi connectivity index (χ2n) is 4.94. The van der Waals surface area contributed by atoms with E-state index < -0.39 is 0 Å².